The van der Waals surface area contributed by atoms with Gasteiger partial charge in [-0.2, -0.15) is 0 Å². The van der Waals surface area contributed by atoms with Gasteiger partial charge in [-0.1, -0.05) is 6.07 Å². The Hall–Kier alpha value is -1.22. The molecule has 0 radical (unpaired) electrons. The van der Waals surface area contributed by atoms with Crippen LogP contribution in [0.4, 0.5) is 11.4 Å². The van der Waals surface area contributed by atoms with Gasteiger partial charge in [0, 0.05) is 11.4 Å². The minimum absolute atomic E-state index is 0.191. The Morgan fingerprint density at radius 1 is 1.36 bits per heavy atom. The summed E-state index contributed by atoms with van der Waals surface area (Å²) < 4.78 is 0. The molecule has 1 aliphatic rings. The van der Waals surface area contributed by atoms with Gasteiger partial charge in [-0.25, -0.2) is 0 Å². The van der Waals surface area contributed by atoms with Crippen LogP contribution in [-0.2, 0) is 0 Å². The second kappa shape index (κ2) is 3.88. The number of nitrogens with one attached hydrogen (secondary N) is 1. The normalized spacial score (nSPS) is 26.4. The molecule has 0 aromatic heterocycles. The number of nitrogen functional groups attached to an aromatic ring is 1. The lowest BCUT2D eigenvalue weighted by atomic mass is 10.2. The molecule has 3 nitrogen and oxygen atoms in total. The van der Waals surface area contributed by atoms with Crippen molar-refractivity contribution in [1.29, 1.82) is 0 Å². The van der Waals surface area contributed by atoms with E-state index in [2.05, 4.69) is 5.32 Å². The molecular formula is C11H16N2O. The predicted molar refractivity (Wildman–Crippen MR) is 58.1 cm³/mol. The zero-order valence-corrected chi connectivity index (χ0v) is 8.11. The molecule has 2 unspecified atom stereocenters. The maximum atomic E-state index is 9.63. The summed E-state index contributed by atoms with van der Waals surface area (Å²) in [6.45, 7) is 0. The summed E-state index contributed by atoms with van der Waals surface area (Å²) in [6, 6.07) is 7.83. The molecule has 3 heteroatoms. The molecule has 4 N–H and O–H groups in total. The molecule has 0 heterocycles. The van der Waals surface area contributed by atoms with Crippen LogP contribution in [0.3, 0.4) is 0 Å². The number of benzene rings is 1. The lowest BCUT2D eigenvalue weighted by Crippen LogP contribution is -2.27. The molecule has 1 aromatic rings. The second-order valence-electron chi connectivity index (χ2n) is 3.87. The molecule has 2 rings (SSSR count). The molecule has 0 aliphatic heterocycles. The molecule has 0 saturated heterocycles. The lowest BCUT2D eigenvalue weighted by Gasteiger charge is -2.17. The van der Waals surface area contributed by atoms with Gasteiger partial charge in [-0.3, -0.25) is 0 Å². The Balaban J connectivity index is 2.03. The van der Waals surface area contributed by atoms with E-state index in [4.69, 9.17) is 5.73 Å². The van der Waals surface area contributed by atoms with Crippen molar-refractivity contribution in [2.75, 3.05) is 11.1 Å². The third kappa shape index (κ3) is 1.99. The quantitative estimate of drug-likeness (QED) is 0.624. The highest BCUT2D eigenvalue weighted by Gasteiger charge is 2.24. The van der Waals surface area contributed by atoms with Crippen molar-refractivity contribution in [2.45, 2.75) is 31.4 Å². The summed E-state index contributed by atoms with van der Waals surface area (Å²) >= 11 is 0. The Morgan fingerprint density at radius 3 is 2.86 bits per heavy atom. The highest BCUT2D eigenvalue weighted by molar-refractivity contribution is 5.54. The first-order valence-corrected chi connectivity index (χ1v) is 5.06. The van der Waals surface area contributed by atoms with Crippen LogP contribution in [0, 0.1) is 0 Å². The van der Waals surface area contributed by atoms with E-state index in [1.54, 1.807) is 0 Å². The highest BCUT2D eigenvalue weighted by Crippen LogP contribution is 2.23. The molecule has 0 spiro atoms. The molecule has 2 atom stereocenters. The molecule has 1 aromatic carbocycles. The Labute approximate surface area is 83.9 Å². The van der Waals surface area contributed by atoms with Crippen molar-refractivity contribution >= 4 is 11.4 Å². The zero-order valence-electron chi connectivity index (χ0n) is 8.11. The fourth-order valence-electron chi connectivity index (χ4n) is 1.95. The van der Waals surface area contributed by atoms with Gasteiger partial charge in [0.25, 0.3) is 0 Å². The van der Waals surface area contributed by atoms with Gasteiger partial charge in [-0.05, 0) is 37.5 Å². The first-order valence-electron chi connectivity index (χ1n) is 5.06. The van der Waals surface area contributed by atoms with Crippen LogP contribution < -0.4 is 11.1 Å². The van der Waals surface area contributed by atoms with Crippen LogP contribution in [-0.4, -0.2) is 17.3 Å². The minimum atomic E-state index is -0.212. The fraction of sp³-hybridized carbons (Fsp3) is 0.455. The fourth-order valence-corrected chi connectivity index (χ4v) is 1.95. The van der Waals surface area contributed by atoms with Crippen molar-refractivity contribution in [2.24, 2.45) is 0 Å². The highest BCUT2D eigenvalue weighted by atomic mass is 16.3. The van der Waals surface area contributed by atoms with Crippen LogP contribution in [0.2, 0.25) is 0 Å². The van der Waals surface area contributed by atoms with Gasteiger partial charge < -0.3 is 16.2 Å². The molecular weight excluding hydrogens is 176 g/mol. The van der Waals surface area contributed by atoms with E-state index in [0.717, 1.165) is 30.6 Å². The summed E-state index contributed by atoms with van der Waals surface area (Å²) in [5, 5.41) is 12.9. The van der Waals surface area contributed by atoms with Gasteiger partial charge in [0.05, 0.1) is 12.1 Å². The molecule has 0 bridgehead atoms. The summed E-state index contributed by atoms with van der Waals surface area (Å²) in [6.07, 6.45) is 2.83. The van der Waals surface area contributed by atoms with Crippen molar-refractivity contribution in [3.05, 3.63) is 24.3 Å². The lowest BCUT2D eigenvalue weighted by molar-refractivity contribution is 0.172. The second-order valence-corrected chi connectivity index (χ2v) is 3.87. The molecule has 1 aliphatic carbocycles. The predicted octanol–water partition coefficient (Wildman–Crippen LogP) is 1.59. The van der Waals surface area contributed by atoms with Crippen LogP contribution in [0.15, 0.2) is 24.3 Å². The molecule has 1 fully saturated rings. The molecule has 1 saturated carbocycles. The number of nitrogens with two attached hydrogens (primary N) is 1. The maximum absolute atomic E-state index is 9.63. The van der Waals surface area contributed by atoms with Gasteiger partial charge in [-0.15, -0.1) is 0 Å². The molecule has 76 valence electrons. The summed E-state index contributed by atoms with van der Waals surface area (Å²) in [7, 11) is 0. The van der Waals surface area contributed by atoms with Crippen LogP contribution >= 0.6 is 0 Å². The monoisotopic (exact) mass is 192 g/mol. The number of rotatable bonds is 2. The van der Waals surface area contributed by atoms with Crippen LogP contribution in [0.5, 0.6) is 0 Å². The van der Waals surface area contributed by atoms with E-state index in [1.807, 2.05) is 24.3 Å². The summed E-state index contributed by atoms with van der Waals surface area (Å²) in [4.78, 5) is 0. The average Bonchev–Trinajstić information content (AvgIpc) is 2.52. The van der Waals surface area contributed by atoms with E-state index in [1.165, 1.54) is 0 Å². The molecule has 14 heavy (non-hydrogen) atoms. The van der Waals surface area contributed by atoms with Gasteiger partial charge in [0.1, 0.15) is 0 Å². The smallest absolute Gasteiger partial charge is 0.0741 e. The van der Waals surface area contributed by atoms with Gasteiger partial charge in [0.15, 0.2) is 0 Å². The van der Waals surface area contributed by atoms with Gasteiger partial charge >= 0.3 is 0 Å². The molecule has 0 amide bonds. The van der Waals surface area contributed by atoms with Gasteiger partial charge in [0.2, 0.25) is 0 Å². The topological polar surface area (TPSA) is 58.3 Å². The van der Waals surface area contributed by atoms with E-state index in [0.29, 0.717) is 0 Å². The number of anilines is 2. The maximum Gasteiger partial charge on any atom is 0.0741 e. The Kier molecular flexibility index (Phi) is 2.59. The Morgan fingerprint density at radius 2 is 2.21 bits per heavy atom. The van der Waals surface area contributed by atoms with Crippen molar-refractivity contribution in [3.8, 4) is 0 Å². The van der Waals surface area contributed by atoms with E-state index in [-0.39, 0.29) is 12.1 Å². The third-order valence-corrected chi connectivity index (χ3v) is 2.72. The Bertz CT molecular complexity index is 314. The number of aliphatic hydroxyl groups excluding tert-OH is 1. The van der Waals surface area contributed by atoms with E-state index >= 15 is 0 Å². The van der Waals surface area contributed by atoms with Crippen molar-refractivity contribution in [1.82, 2.24) is 0 Å². The van der Waals surface area contributed by atoms with Crippen LogP contribution in [0.1, 0.15) is 19.3 Å². The first kappa shape index (κ1) is 9.34. The van der Waals surface area contributed by atoms with Crippen molar-refractivity contribution < 1.29 is 5.11 Å². The number of aliphatic hydroxyl groups is 1. The summed E-state index contributed by atoms with van der Waals surface area (Å²) in [5.41, 5.74) is 7.41. The van der Waals surface area contributed by atoms with E-state index in [9.17, 15) is 5.11 Å². The standard InChI is InChI=1S/C11H16N2O/c12-8-3-1-4-9(7-8)13-10-5-2-6-11(10)14/h1,3-4,7,10-11,13-14H,2,5-6,12H2. The van der Waals surface area contributed by atoms with Crippen molar-refractivity contribution in [3.63, 3.8) is 0 Å². The van der Waals surface area contributed by atoms with Crippen LogP contribution in [0.25, 0.3) is 0 Å². The number of hydrogen-bond donors (Lipinski definition) is 3. The minimum Gasteiger partial charge on any atom is -0.399 e. The average molecular weight is 192 g/mol. The number of hydrogen-bond acceptors (Lipinski definition) is 3. The van der Waals surface area contributed by atoms with E-state index < -0.39 is 0 Å². The summed E-state index contributed by atoms with van der Waals surface area (Å²) in [5.74, 6) is 0. The largest absolute Gasteiger partial charge is 0.399 e. The first-order chi connectivity index (χ1) is 6.75. The third-order valence-electron chi connectivity index (χ3n) is 2.72. The SMILES string of the molecule is Nc1cccc(NC2CCCC2O)c1. The zero-order chi connectivity index (χ0) is 9.97.